The summed E-state index contributed by atoms with van der Waals surface area (Å²) in [4.78, 5) is 6.30. The average Bonchev–Trinajstić information content (AvgIpc) is 2.71. The molecule has 1 aromatic rings. The molecule has 15 heavy (non-hydrogen) atoms. The summed E-state index contributed by atoms with van der Waals surface area (Å²) >= 11 is 1.79. The van der Waals surface area contributed by atoms with E-state index < -0.39 is 10.0 Å². The van der Waals surface area contributed by atoms with Gasteiger partial charge < -0.3 is 4.98 Å². The molecule has 84 valence electrons. The predicted molar refractivity (Wildman–Crippen MR) is 59.3 cm³/mol. The number of nitrogens with one attached hydrogen (secondary N) is 2. The van der Waals surface area contributed by atoms with Crippen molar-refractivity contribution in [3.05, 3.63) is 12.5 Å². The van der Waals surface area contributed by atoms with Crippen LogP contribution in [0.3, 0.4) is 0 Å². The van der Waals surface area contributed by atoms with Gasteiger partial charge in [0.2, 0.25) is 0 Å². The van der Waals surface area contributed by atoms with E-state index in [2.05, 4.69) is 14.7 Å². The highest BCUT2D eigenvalue weighted by Crippen LogP contribution is 2.18. The summed E-state index contributed by atoms with van der Waals surface area (Å²) in [6, 6.07) is 0.0528. The molecule has 7 heteroatoms. The topological polar surface area (TPSA) is 74.8 Å². The second-order valence-corrected chi connectivity index (χ2v) is 6.28. The number of thioether (sulfide) groups is 1. The number of rotatable bonds is 3. The monoisotopic (exact) mass is 247 g/mol. The molecule has 1 unspecified atom stereocenters. The van der Waals surface area contributed by atoms with Gasteiger partial charge in [-0.3, -0.25) is 0 Å². The maximum Gasteiger partial charge on any atom is 0.257 e. The molecule has 2 N–H and O–H groups in total. The van der Waals surface area contributed by atoms with Gasteiger partial charge in [0.1, 0.15) is 0 Å². The molecule has 0 aromatic carbocycles. The van der Waals surface area contributed by atoms with Crippen molar-refractivity contribution in [3.8, 4) is 0 Å². The van der Waals surface area contributed by atoms with Crippen molar-refractivity contribution in [2.75, 3.05) is 11.5 Å². The van der Waals surface area contributed by atoms with Gasteiger partial charge in [-0.25, -0.2) is 18.1 Å². The molecule has 0 bridgehead atoms. The Morgan fingerprint density at radius 1 is 1.60 bits per heavy atom. The van der Waals surface area contributed by atoms with Crippen LogP contribution in [0, 0.1) is 0 Å². The van der Waals surface area contributed by atoms with E-state index in [1.54, 1.807) is 11.8 Å². The molecule has 0 amide bonds. The van der Waals surface area contributed by atoms with Crippen molar-refractivity contribution in [1.29, 1.82) is 0 Å². The summed E-state index contributed by atoms with van der Waals surface area (Å²) in [5.74, 6) is 1.98. The zero-order valence-electron chi connectivity index (χ0n) is 8.14. The molecule has 1 atom stereocenters. The molecular formula is C8H13N3O2S2. The second-order valence-electron chi connectivity index (χ2n) is 3.45. The van der Waals surface area contributed by atoms with E-state index in [1.165, 1.54) is 12.5 Å². The first-order chi connectivity index (χ1) is 7.18. The normalized spacial score (nSPS) is 22.8. The largest absolute Gasteiger partial charge is 0.335 e. The van der Waals surface area contributed by atoms with Crippen molar-refractivity contribution in [2.24, 2.45) is 0 Å². The van der Waals surface area contributed by atoms with Crippen LogP contribution in [0.2, 0.25) is 0 Å². The van der Waals surface area contributed by atoms with Crippen molar-refractivity contribution < 1.29 is 8.42 Å². The third-order valence-corrected chi connectivity index (χ3v) is 4.91. The van der Waals surface area contributed by atoms with Crippen LogP contribution in [0.5, 0.6) is 0 Å². The fraction of sp³-hybridized carbons (Fsp3) is 0.625. The third kappa shape index (κ3) is 2.73. The predicted octanol–water partition coefficient (Wildman–Crippen LogP) is 0.584. The Morgan fingerprint density at radius 3 is 3.07 bits per heavy atom. The van der Waals surface area contributed by atoms with E-state index in [9.17, 15) is 8.42 Å². The fourth-order valence-electron chi connectivity index (χ4n) is 1.51. The molecule has 0 saturated carbocycles. The first-order valence-corrected chi connectivity index (χ1v) is 7.41. The minimum Gasteiger partial charge on any atom is -0.335 e. The van der Waals surface area contributed by atoms with Gasteiger partial charge in [-0.2, -0.15) is 11.8 Å². The number of sulfonamides is 1. The van der Waals surface area contributed by atoms with Crippen molar-refractivity contribution in [3.63, 3.8) is 0 Å². The molecule has 1 aromatic heterocycles. The number of hydrogen-bond acceptors (Lipinski definition) is 4. The molecule has 1 aliphatic heterocycles. The quantitative estimate of drug-likeness (QED) is 0.819. The fourth-order valence-corrected chi connectivity index (χ4v) is 3.86. The average molecular weight is 247 g/mol. The summed E-state index contributed by atoms with van der Waals surface area (Å²) in [7, 11) is -3.40. The number of nitrogens with zero attached hydrogens (tertiary/aromatic N) is 1. The van der Waals surface area contributed by atoms with Crippen LogP contribution in [-0.2, 0) is 10.0 Å². The molecule has 1 aliphatic rings. The smallest absolute Gasteiger partial charge is 0.257 e. The van der Waals surface area contributed by atoms with E-state index in [1.807, 2.05) is 0 Å². The van der Waals surface area contributed by atoms with Gasteiger partial charge in [0.25, 0.3) is 10.0 Å². The Balaban J connectivity index is 2.04. The van der Waals surface area contributed by atoms with Gasteiger partial charge in [0.15, 0.2) is 5.03 Å². The highest BCUT2D eigenvalue weighted by Gasteiger charge is 2.22. The van der Waals surface area contributed by atoms with Crippen LogP contribution in [0.4, 0.5) is 0 Å². The van der Waals surface area contributed by atoms with Crippen LogP contribution in [0.15, 0.2) is 17.6 Å². The molecule has 0 radical (unpaired) electrons. The number of H-pyrrole nitrogens is 1. The highest BCUT2D eigenvalue weighted by molar-refractivity contribution is 7.99. The Labute approximate surface area is 93.1 Å². The van der Waals surface area contributed by atoms with E-state index in [0.29, 0.717) is 0 Å². The molecule has 0 spiro atoms. The van der Waals surface area contributed by atoms with Gasteiger partial charge in [0.05, 0.1) is 12.5 Å². The first-order valence-electron chi connectivity index (χ1n) is 4.77. The molecule has 1 fully saturated rings. The number of aromatic nitrogens is 2. The van der Waals surface area contributed by atoms with Gasteiger partial charge in [-0.1, -0.05) is 0 Å². The summed E-state index contributed by atoms with van der Waals surface area (Å²) in [6.07, 6.45) is 4.67. The van der Waals surface area contributed by atoms with Crippen molar-refractivity contribution in [1.82, 2.24) is 14.7 Å². The molecule has 5 nitrogen and oxygen atoms in total. The molecule has 2 heterocycles. The van der Waals surface area contributed by atoms with Crippen LogP contribution in [0.1, 0.15) is 12.8 Å². The minimum atomic E-state index is -3.40. The van der Waals surface area contributed by atoms with Gasteiger partial charge in [-0.05, 0) is 18.6 Å². The third-order valence-electron chi connectivity index (χ3n) is 2.24. The van der Waals surface area contributed by atoms with Gasteiger partial charge >= 0.3 is 0 Å². The van der Waals surface area contributed by atoms with Crippen LogP contribution in [-0.4, -0.2) is 35.9 Å². The van der Waals surface area contributed by atoms with Crippen LogP contribution >= 0.6 is 11.8 Å². The van der Waals surface area contributed by atoms with E-state index in [0.717, 1.165) is 24.3 Å². The number of imidazole rings is 1. The number of aromatic amines is 1. The lowest BCUT2D eigenvalue weighted by Gasteiger charge is -2.21. The van der Waals surface area contributed by atoms with E-state index >= 15 is 0 Å². The lowest BCUT2D eigenvalue weighted by molar-refractivity contribution is 0.540. The molecule has 2 rings (SSSR count). The lowest BCUT2D eigenvalue weighted by atomic mass is 10.2. The Morgan fingerprint density at radius 2 is 2.47 bits per heavy atom. The van der Waals surface area contributed by atoms with Crippen LogP contribution < -0.4 is 4.72 Å². The van der Waals surface area contributed by atoms with Gasteiger partial charge in [-0.15, -0.1) is 0 Å². The van der Waals surface area contributed by atoms with Crippen LogP contribution in [0.25, 0.3) is 0 Å². The zero-order chi connectivity index (χ0) is 10.7. The Bertz CT molecular complexity index is 396. The summed E-state index contributed by atoms with van der Waals surface area (Å²) < 4.78 is 26.2. The standard InChI is InChI=1S/C8H13N3O2S2/c12-15(13,8-4-9-6-10-8)11-7-2-1-3-14-5-7/h4,6-7,11H,1-3,5H2,(H,9,10). The SMILES string of the molecule is O=S(=O)(NC1CCCSC1)c1cnc[nH]1. The maximum atomic E-state index is 11.8. The summed E-state index contributed by atoms with van der Waals surface area (Å²) in [5, 5.41) is 0.137. The van der Waals surface area contributed by atoms with Crippen molar-refractivity contribution in [2.45, 2.75) is 23.9 Å². The summed E-state index contributed by atoms with van der Waals surface area (Å²) in [5.41, 5.74) is 0. The first kappa shape index (κ1) is 11.0. The van der Waals surface area contributed by atoms with E-state index in [-0.39, 0.29) is 11.1 Å². The molecule has 0 aliphatic carbocycles. The molecular weight excluding hydrogens is 234 g/mol. The Hall–Kier alpha value is -0.530. The highest BCUT2D eigenvalue weighted by atomic mass is 32.2. The van der Waals surface area contributed by atoms with Gasteiger partial charge in [0, 0.05) is 11.8 Å². The minimum absolute atomic E-state index is 0.0528. The molecule has 1 saturated heterocycles. The lowest BCUT2D eigenvalue weighted by Crippen LogP contribution is -2.38. The van der Waals surface area contributed by atoms with E-state index in [4.69, 9.17) is 0 Å². The summed E-state index contributed by atoms with van der Waals surface area (Å²) in [6.45, 7) is 0. The number of hydrogen-bond donors (Lipinski definition) is 2. The Kier molecular flexibility index (Phi) is 3.32. The van der Waals surface area contributed by atoms with Crippen molar-refractivity contribution >= 4 is 21.8 Å². The zero-order valence-corrected chi connectivity index (χ0v) is 9.77. The maximum absolute atomic E-state index is 11.8. The second kappa shape index (κ2) is 4.54.